The van der Waals surface area contributed by atoms with Crippen LogP contribution in [0.4, 0.5) is 4.39 Å². The van der Waals surface area contributed by atoms with Gasteiger partial charge in [-0.1, -0.05) is 29.8 Å². The highest BCUT2D eigenvalue weighted by molar-refractivity contribution is 7.89. The SMILES string of the molecule is O=C(NC(c1ccc(Cl)cc1)c1cccs1)C1CCN(S(=O)(=O)c2ccc(F)cc2)CC1. The first-order chi connectivity index (χ1) is 15.3. The van der Waals surface area contributed by atoms with E-state index in [1.165, 1.54) is 16.4 Å². The number of piperidine rings is 1. The largest absolute Gasteiger partial charge is 0.344 e. The quantitative estimate of drug-likeness (QED) is 0.535. The predicted molar refractivity (Wildman–Crippen MR) is 124 cm³/mol. The Morgan fingerprint density at radius 3 is 2.31 bits per heavy atom. The van der Waals surface area contributed by atoms with E-state index in [4.69, 9.17) is 11.6 Å². The van der Waals surface area contributed by atoms with Gasteiger partial charge < -0.3 is 5.32 Å². The van der Waals surface area contributed by atoms with Gasteiger partial charge in [-0.15, -0.1) is 11.3 Å². The molecular weight excluding hydrogens is 471 g/mol. The maximum Gasteiger partial charge on any atom is 0.243 e. The first-order valence-corrected chi connectivity index (χ1v) is 12.9. The highest BCUT2D eigenvalue weighted by atomic mass is 35.5. The molecule has 32 heavy (non-hydrogen) atoms. The van der Waals surface area contributed by atoms with Crippen molar-refractivity contribution in [2.75, 3.05) is 13.1 Å². The van der Waals surface area contributed by atoms with Crippen molar-refractivity contribution in [1.29, 1.82) is 0 Å². The highest BCUT2D eigenvalue weighted by Gasteiger charge is 2.33. The molecular formula is C23H22ClFN2O3S2. The smallest absolute Gasteiger partial charge is 0.243 e. The molecule has 0 radical (unpaired) electrons. The molecule has 1 aromatic heterocycles. The molecule has 0 aliphatic carbocycles. The molecule has 1 saturated heterocycles. The number of rotatable bonds is 6. The summed E-state index contributed by atoms with van der Waals surface area (Å²) in [7, 11) is -3.71. The molecule has 1 atom stereocenters. The first-order valence-electron chi connectivity index (χ1n) is 10.2. The second-order valence-electron chi connectivity index (χ2n) is 7.64. The summed E-state index contributed by atoms with van der Waals surface area (Å²) in [5.74, 6) is -0.873. The molecule has 1 aliphatic rings. The van der Waals surface area contributed by atoms with Crippen molar-refractivity contribution in [2.45, 2.75) is 23.8 Å². The summed E-state index contributed by atoms with van der Waals surface area (Å²) in [5, 5.41) is 5.72. The lowest BCUT2D eigenvalue weighted by atomic mass is 9.96. The molecule has 168 valence electrons. The third-order valence-corrected chi connectivity index (χ3v) is 8.70. The summed E-state index contributed by atoms with van der Waals surface area (Å²) >= 11 is 7.57. The van der Waals surface area contributed by atoms with Crippen LogP contribution in [0.3, 0.4) is 0 Å². The van der Waals surface area contributed by atoms with Crippen LogP contribution in [0, 0.1) is 11.7 Å². The minimum atomic E-state index is -3.71. The van der Waals surface area contributed by atoms with E-state index in [0.29, 0.717) is 17.9 Å². The maximum absolute atomic E-state index is 13.1. The van der Waals surface area contributed by atoms with E-state index in [-0.39, 0.29) is 35.9 Å². The van der Waals surface area contributed by atoms with E-state index in [1.807, 2.05) is 29.6 Å². The lowest BCUT2D eigenvalue weighted by molar-refractivity contribution is -0.126. The Labute approximate surface area is 195 Å². The van der Waals surface area contributed by atoms with Crippen molar-refractivity contribution in [1.82, 2.24) is 9.62 Å². The van der Waals surface area contributed by atoms with Gasteiger partial charge in [0, 0.05) is 28.9 Å². The number of nitrogens with zero attached hydrogens (tertiary/aromatic N) is 1. The van der Waals surface area contributed by atoms with E-state index in [2.05, 4.69) is 5.32 Å². The number of thiophene rings is 1. The van der Waals surface area contributed by atoms with Crippen LogP contribution < -0.4 is 5.32 Å². The average molecular weight is 493 g/mol. The van der Waals surface area contributed by atoms with Crippen molar-refractivity contribution in [3.05, 3.63) is 87.3 Å². The van der Waals surface area contributed by atoms with E-state index in [0.717, 1.165) is 22.6 Å². The Hall–Kier alpha value is -2.26. The summed E-state index contributed by atoms with van der Waals surface area (Å²) in [6, 6.07) is 15.8. The minimum Gasteiger partial charge on any atom is -0.344 e. The monoisotopic (exact) mass is 492 g/mol. The van der Waals surface area contributed by atoms with Gasteiger partial charge in [-0.2, -0.15) is 4.31 Å². The van der Waals surface area contributed by atoms with Crippen LogP contribution in [0.15, 0.2) is 70.9 Å². The van der Waals surface area contributed by atoms with Gasteiger partial charge in [0.1, 0.15) is 5.82 Å². The van der Waals surface area contributed by atoms with Gasteiger partial charge >= 0.3 is 0 Å². The van der Waals surface area contributed by atoms with Gasteiger partial charge in [-0.3, -0.25) is 4.79 Å². The molecule has 1 N–H and O–H groups in total. The Kier molecular flexibility index (Phi) is 6.95. The highest BCUT2D eigenvalue weighted by Crippen LogP contribution is 2.29. The van der Waals surface area contributed by atoms with E-state index >= 15 is 0 Å². The van der Waals surface area contributed by atoms with Crippen LogP contribution in [-0.2, 0) is 14.8 Å². The zero-order chi connectivity index (χ0) is 22.7. The number of hydrogen-bond donors (Lipinski definition) is 1. The third-order valence-electron chi connectivity index (χ3n) is 5.59. The molecule has 3 aromatic rings. The van der Waals surface area contributed by atoms with Crippen LogP contribution in [0.1, 0.15) is 29.3 Å². The van der Waals surface area contributed by atoms with Gasteiger partial charge in [0.15, 0.2) is 0 Å². The molecule has 2 heterocycles. The number of nitrogens with one attached hydrogen (secondary N) is 1. The Bertz CT molecular complexity index is 1160. The van der Waals surface area contributed by atoms with Crippen molar-refractivity contribution < 1.29 is 17.6 Å². The topological polar surface area (TPSA) is 66.5 Å². The lowest BCUT2D eigenvalue weighted by Crippen LogP contribution is -2.43. The summed E-state index contributed by atoms with van der Waals surface area (Å²) in [4.78, 5) is 14.1. The Morgan fingerprint density at radius 1 is 1.06 bits per heavy atom. The molecule has 0 saturated carbocycles. The second-order valence-corrected chi connectivity index (χ2v) is 11.0. The summed E-state index contributed by atoms with van der Waals surface area (Å²) < 4.78 is 40.1. The fourth-order valence-electron chi connectivity index (χ4n) is 3.80. The summed E-state index contributed by atoms with van der Waals surface area (Å²) in [6.07, 6.45) is 0.841. The second kappa shape index (κ2) is 9.70. The molecule has 1 aliphatic heterocycles. The number of benzene rings is 2. The minimum absolute atomic E-state index is 0.0577. The van der Waals surface area contributed by atoms with Crippen molar-refractivity contribution in [2.24, 2.45) is 5.92 Å². The van der Waals surface area contributed by atoms with Gasteiger partial charge in [-0.05, 0) is 66.2 Å². The number of hydrogen-bond acceptors (Lipinski definition) is 4. The maximum atomic E-state index is 13.1. The van der Waals surface area contributed by atoms with Gasteiger partial charge in [0.2, 0.25) is 15.9 Å². The van der Waals surface area contributed by atoms with Crippen molar-refractivity contribution in [3.8, 4) is 0 Å². The van der Waals surface area contributed by atoms with Crippen LogP contribution in [0.5, 0.6) is 0 Å². The number of amides is 1. The van der Waals surface area contributed by atoms with Crippen molar-refractivity contribution in [3.63, 3.8) is 0 Å². The predicted octanol–water partition coefficient (Wildman–Crippen LogP) is 4.85. The molecule has 0 spiro atoms. The van der Waals surface area contributed by atoms with Crippen LogP contribution in [0.2, 0.25) is 5.02 Å². The number of sulfonamides is 1. The van der Waals surface area contributed by atoms with E-state index in [1.54, 1.807) is 23.5 Å². The molecule has 1 fully saturated rings. The van der Waals surface area contributed by atoms with Crippen LogP contribution in [-0.4, -0.2) is 31.7 Å². The fourth-order valence-corrected chi connectivity index (χ4v) is 6.20. The van der Waals surface area contributed by atoms with Gasteiger partial charge in [0.05, 0.1) is 10.9 Å². The Balaban J connectivity index is 1.43. The molecule has 4 rings (SSSR count). The molecule has 5 nitrogen and oxygen atoms in total. The van der Waals surface area contributed by atoms with E-state index in [9.17, 15) is 17.6 Å². The average Bonchev–Trinajstić information content (AvgIpc) is 3.33. The molecule has 9 heteroatoms. The summed E-state index contributed by atoms with van der Waals surface area (Å²) in [5.41, 5.74) is 0.932. The molecule has 2 aromatic carbocycles. The standard InChI is InChI=1S/C23H22ClFN2O3S2/c24-18-5-3-16(4-6-18)22(21-2-1-15-31-21)26-23(28)17-11-13-27(14-12-17)32(29,30)20-9-7-19(25)8-10-20/h1-10,15,17,22H,11-14H2,(H,26,28). The normalized spacial score (nSPS) is 16.6. The van der Waals surface area contributed by atoms with Crippen LogP contribution >= 0.6 is 22.9 Å². The molecule has 1 amide bonds. The van der Waals surface area contributed by atoms with Crippen LogP contribution in [0.25, 0.3) is 0 Å². The number of halogens is 2. The zero-order valence-corrected chi connectivity index (χ0v) is 19.5. The molecule has 0 bridgehead atoms. The number of carbonyl (C=O) groups excluding carboxylic acids is 1. The lowest BCUT2D eigenvalue weighted by Gasteiger charge is -2.31. The van der Waals surface area contributed by atoms with Crippen molar-refractivity contribution >= 4 is 38.9 Å². The fraction of sp³-hybridized carbons (Fsp3) is 0.261. The van der Waals surface area contributed by atoms with E-state index < -0.39 is 15.8 Å². The van der Waals surface area contributed by atoms with Gasteiger partial charge in [-0.25, -0.2) is 12.8 Å². The Morgan fingerprint density at radius 2 is 1.72 bits per heavy atom. The first kappa shape index (κ1) is 22.9. The third kappa shape index (κ3) is 5.04. The van der Waals surface area contributed by atoms with Gasteiger partial charge in [0.25, 0.3) is 0 Å². The summed E-state index contributed by atoms with van der Waals surface area (Å²) in [6.45, 7) is 0.477. The molecule has 1 unspecified atom stereocenters. The number of carbonyl (C=O) groups is 1. The zero-order valence-electron chi connectivity index (χ0n) is 17.1.